The lowest BCUT2D eigenvalue weighted by Crippen LogP contribution is -2.12. The molecule has 0 spiro atoms. The molecule has 2 aromatic rings. The Morgan fingerprint density at radius 2 is 1.62 bits per heavy atom. The smallest absolute Gasteiger partial charge is 0.141 e. The van der Waals surface area contributed by atoms with Gasteiger partial charge in [-0.15, -0.1) is 0 Å². The third kappa shape index (κ3) is 2.23. The maximum atomic E-state index is 12.9. The first-order valence-electron chi connectivity index (χ1n) is 4.78. The van der Waals surface area contributed by atoms with Gasteiger partial charge in [0.25, 0.3) is 0 Å². The van der Waals surface area contributed by atoms with Crippen LogP contribution in [0.2, 0.25) is 0 Å². The summed E-state index contributed by atoms with van der Waals surface area (Å²) in [6.45, 7) is 0. The van der Waals surface area contributed by atoms with E-state index in [1.807, 2.05) is 0 Å². The van der Waals surface area contributed by atoms with Crippen LogP contribution in [0.15, 0.2) is 42.7 Å². The molecule has 4 heteroatoms. The predicted octanol–water partition coefficient (Wildman–Crippen LogP) is 2.41. The molecule has 16 heavy (non-hydrogen) atoms. The maximum Gasteiger partial charge on any atom is 0.141 e. The molecular formula is C12H10F2N2. The van der Waals surface area contributed by atoms with Gasteiger partial charge in [0.2, 0.25) is 0 Å². The van der Waals surface area contributed by atoms with E-state index < -0.39 is 11.9 Å². The third-order valence-electron chi connectivity index (χ3n) is 2.31. The molecule has 0 amide bonds. The Hall–Kier alpha value is -1.81. The Morgan fingerprint density at radius 3 is 2.25 bits per heavy atom. The van der Waals surface area contributed by atoms with Crippen LogP contribution >= 0.6 is 0 Å². The van der Waals surface area contributed by atoms with Crippen molar-refractivity contribution in [3.05, 3.63) is 65.5 Å². The lowest BCUT2D eigenvalue weighted by atomic mass is 10.0. The van der Waals surface area contributed by atoms with Crippen LogP contribution in [0.1, 0.15) is 17.2 Å². The number of nitrogens with two attached hydrogens (primary N) is 1. The molecule has 2 rings (SSSR count). The molecule has 2 N–H and O–H groups in total. The predicted molar refractivity (Wildman–Crippen MR) is 56.6 cm³/mol. The molecule has 2 nitrogen and oxygen atoms in total. The summed E-state index contributed by atoms with van der Waals surface area (Å²) in [5.41, 5.74) is 7.18. The fourth-order valence-electron chi connectivity index (χ4n) is 1.46. The molecular weight excluding hydrogens is 210 g/mol. The van der Waals surface area contributed by atoms with Crippen LogP contribution < -0.4 is 5.73 Å². The van der Waals surface area contributed by atoms with Gasteiger partial charge in [-0.25, -0.2) is 8.78 Å². The Balaban J connectivity index is 2.31. The van der Waals surface area contributed by atoms with Crippen LogP contribution in [0.25, 0.3) is 0 Å². The minimum atomic E-state index is -0.496. The third-order valence-corrected chi connectivity index (χ3v) is 2.31. The van der Waals surface area contributed by atoms with Crippen molar-refractivity contribution in [1.82, 2.24) is 4.98 Å². The summed E-state index contributed by atoms with van der Waals surface area (Å²) in [6, 6.07) is 6.62. The summed E-state index contributed by atoms with van der Waals surface area (Å²) < 4.78 is 25.6. The Morgan fingerprint density at radius 1 is 0.938 bits per heavy atom. The highest BCUT2D eigenvalue weighted by Gasteiger charge is 2.09. The number of halogens is 2. The highest BCUT2D eigenvalue weighted by molar-refractivity contribution is 5.29. The number of nitrogens with zero attached hydrogens (tertiary/aromatic N) is 1. The lowest BCUT2D eigenvalue weighted by molar-refractivity contribution is 0.615. The molecule has 0 radical (unpaired) electrons. The molecule has 1 unspecified atom stereocenters. The molecule has 1 atom stereocenters. The topological polar surface area (TPSA) is 38.9 Å². The zero-order chi connectivity index (χ0) is 11.5. The summed E-state index contributed by atoms with van der Waals surface area (Å²) in [5.74, 6) is -0.761. The second-order valence-corrected chi connectivity index (χ2v) is 3.47. The molecule has 0 saturated carbocycles. The van der Waals surface area contributed by atoms with Crippen LogP contribution in [0.4, 0.5) is 8.78 Å². The quantitative estimate of drug-likeness (QED) is 0.844. The van der Waals surface area contributed by atoms with E-state index in [2.05, 4.69) is 4.98 Å². The standard InChI is InChI=1S/C12H10F2N2/c13-10-3-1-8(2-4-10)12(15)9-5-11(14)7-16-6-9/h1-7,12H,15H2. The van der Waals surface area contributed by atoms with Gasteiger partial charge >= 0.3 is 0 Å². The van der Waals surface area contributed by atoms with Crippen molar-refractivity contribution >= 4 is 0 Å². The van der Waals surface area contributed by atoms with Gasteiger partial charge in [-0.3, -0.25) is 4.98 Å². The van der Waals surface area contributed by atoms with Gasteiger partial charge in [0.1, 0.15) is 11.6 Å². The highest BCUT2D eigenvalue weighted by atomic mass is 19.1. The number of pyridine rings is 1. The van der Waals surface area contributed by atoms with Crippen molar-refractivity contribution in [3.63, 3.8) is 0 Å². The van der Waals surface area contributed by atoms with Crippen molar-refractivity contribution in [2.75, 3.05) is 0 Å². The molecule has 0 aliphatic carbocycles. The summed E-state index contributed by atoms with van der Waals surface area (Å²) in [6.07, 6.45) is 2.61. The van der Waals surface area contributed by atoms with Crippen LogP contribution in [0.3, 0.4) is 0 Å². The molecule has 82 valence electrons. The van der Waals surface area contributed by atoms with Gasteiger partial charge in [-0.2, -0.15) is 0 Å². The average molecular weight is 220 g/mol. The normalized spacial score (nSPS) is 12.4. The van der Waals surface area contributed by atoms with Crippen LogP contribution in [-0.4, -0.2) is 4.98 Å². The average Bonchev–Trinajstić information content (AvgIpc) is 2.29. The van der Waals surface area contributed by atoms with E-state index in [-0.39, 0.29) is 5.82 Å². The van der Waals surface area contributed by atoms with Crippen molar-refractivity contribution < 1.29 is 8.78 Å². The molecule has 0 saturated heterocycles. The van der Waals surface area contributed by atoms with Crippen LogP contribution in [0.5, 0.6) is 0 Å². The highest BCUT2D eigenvalue weighted by Crippen LogP contribution is 2.19. The molecule has 1 aromatic heterocycles. The summed E-state index contributed by atoms with van der Waals surface area (Å²) >= 11 is 0. The molecule has 0 fully saturated rings. The van der Waals surface area contributed by atoms with Gasteiger partial charge in [-0.05, 0) is 29.3 Å². The number of rotatable bonds is 2. The minimum Gasteiger partial charge on any atom is -0.320 e. The van der Waals surface area contributed by atoms with Gasteiger partial charge in [-0.1, -0.05) is 12.1 Å². The lowest BCUT2D eigenvalue weighted by Gasteiger charge is -2.11. The first kappa shape index (κ1) is 10.7. The second kappa shape index (κ2) is 4.37. The van der Waals surface area contributed by atoms with Crippen molar-refractivity contribution in [1.29, 1.82) is 0 Å². The number of hydrogen-bond acceptors (Lipinski definition) is 2. The zero-order valence-electron chi connectivity index (χ0n) is 8.40. The van der Waals surface area contributed by atoms with Gasteiger partial charge in [0, 0.05) is 6.20 Å². The molecule has 1 aromatic carbocycles. The fourth-order valence-corrected chi connectivity index (χ4v) is 1.46. The van der Waals surface area contributed by atoms with E-state index in [1.165, 1.54) is 24.4 Å². The van der Waals surface area contributed by atoms with E-state index >= 15 is 0 Å². The van der Waals surface area contributed by atoms with Gasteiger partial charge in [0.15, 0.2) is 0 Å². The van der Waals surface area contributed by atoms with E-state index in [0.29, 0.717) is 11.1 Å². The molecule has 0 bridgehead atoms. The molecule has 1 heterocycles. The van der Waals surface area contributed by atoms with Gasteiger partial charge < -0.3 is 5.73 Å². The van der Waals surface area contributed by atoms with E-state index in [4.69, 9.17) is 5.73 Å². The maximum absolute atomic E-state index is 12.9. The summed E-state index contributed by atoms with van der Waals surface area (Å²) in [5, 5.41) is 0. The fraction of sp³-hybridized carbons (Fsp3) is 0.0833. The second-order valence-electron chi connectivity index (χ2n) is 3.47. The zero-order valence-corrected chi connectivity index (χ0v) is 8.40. The SMILES string of the molecule is NC(c1ccc(F)cc1)c1cncc(F)c1. The first-order chi connectivity index (χ1) is 7.66. The van der Waals surface area contributed by atoms with E-state index in [1.54, 1.807) is 12.1 Å². The molecule has 0 aliphatic heterocycles. The van der Waals surface area contributed by atoms with Crippen molar-refractivity contribution in [2.45, 2.75) is 6.04 Å². The van der Waals surface area contributed by atoms with Crippen molar-refractivity contribution in [3.8, 4) is 0 Å². The number of hydrogen-bond donors (Lipinski definition) is 1. The number of aromatic nitrogens is 1. The number of benzene rings is 1. The monoisotopic (exact) mass is 220 g/mol. The van der Waals surface area contributed by atoms with Crippen molar-refractivity contribution in [2.24, 2.45) is 5.73 Å². The van der Waals surface area contributed by atoms with Crippen LogP contribution in [-0.2, 0) is 0 Å². The summed E-state index contributed by atoms with van der Waals surface area (Å²) in [4.78, 5) is 3.72. The van der Waals surface area contributed by atoms with E-state index in [9.17, 15) is 8.78 Å². The first-order valence-corrected chi connectivity index (χ1v) is 4.78. The molecule has 0 aliphatic rings. The Kier molecular flexibility index (Phi) is 2.92. The Bertz CT molecular complexity index is 483. The largest absolute Gasteiger partial charge is 0.320 e. The van der Waals surface area contributed by atoms with Gasteiger partial charge in [0.05, 0.1) is 12.2 Å². The van der Waals surface area contributed by atoms with E-state index in [0.717, 1.165) is 6.20 Å². The Labute approximate surface area is 91.7 Å². The van der Waals surface area contributed by atoms with Crippen LogP contribution in [0, 0.1) is 11.6 Å². The summed E-state index contributed by atoms with van der Waals surface area (Å²) in [7, 11) is 0. The minimum absolute atomic E-state index is 0.326.